The van der Waals surface area contributed by atoms with Crippen molar-refractivity contribution in [3.63, 3.8) is 0 Å². The highest BCUT2D eigenvalue weighted by Crippen LogP contribution is 2.17. The molecule has 1 N–H and O–H groups in total. The lowest BCUT2D eigenvalue weighted by atomic mass is 10.2. The van der Waals surface area contributed by atoms with Crippen LogP contribution in [0.5, 0.6) is 0 Å². The van der Waals surface area contributed by atoms with Crippen molar-refractivity contribution < 1.29 is 13.2 Å². The Balaban J connectivity index is 2.35. The fourth-order valence-corrected chi connectivity index (χ4v) is 3.26. The van der Waals surface area contributed by atoms with Crippen molar-refractivity contribution >= 4 is 15.9 Å². The molecule has 5 nitrogen and oxygen atoms in total. The molecule has 6 heteroatoms. The highest BCUT2D eigenvalue weighted by molar-refractivity contribution is 7.88. The van der Waals surface area contributed by atoms with Crippen molar-refractivity contribution in [3.8, 4) is 0 Å². The van der Waals surface area contributed by atoms with Crippen LogP contribution in [0.15, 0.2) is 0 Å². The largest absolute Gasteiger partial charge is 0.353 e. The number of nitrogens with one attached hydrogen (secondary N) is 1. The number of rotatable bonds is 8. The van der Waals surface area contributed by atoms with Gasteiger partial charge in [0.2, 0.25) is 15.9 Å². The van der Waals surface area contributed by atoms with Crippen molar-refractivity contribution in [2.75, 3.05) is 19.3 Å². The van der Waals surface area contributed by atoms with E-state index in [1.807, 2.05) is 6.92 Å². The van der Waals surface area contributed by atoms with Gasteiger partial charge >= 0.3 is 0 Å². The van der Waals surface area contributed by atoms with Crippen LogP contribution in [0.4, 0.5) is 0 Å². The first-order valence-corrected chi connectivity index (χ1v) is 9.02. The van der Waals surface area contributed by atoms with Crippen molar-refractivity contribution in [1.82, 2.24) is 9.62 Å². The van der Waals surface area contributed by atoms with Gasteiger partial charge < -0.3 is 5.32 Å². The van der Waals surface area contributed by atoms with Gasteiger partial charge in [-0.3, -0.25) is 4.79 Å². The molecule has 0 spiro atoms. The topological polar surface area (TPSA) is 66.5 Å². The fourth-order valence-electron chi connectivity index (χ4n) is 2.37. The zero-order valence-corrected chi connectivity index (χ0v) is 12.8. The molecule has 1 fully saturated rings. The quantitative estimate of drug-likeness (QED) is 0.736. The number of nitrogens with zero attached hydrogens (tertiary/aromatic N) is 1. The van der Waals surface area contributed by atoms with Gasteiger partial charge in [0.15, 0.2) is 0 Å². The Bertz CT molecular complexity index is 375. The van der Waals surface area contributed by atoms with Gasteiger partial charge in [0.1, 0.15) is 0 Å². The highest BCUT2D eigenvalue weighted by Gasteiger charge is 2.20. The molecule has 1 saturated carbocycles. The molecule has 112 valence electrons. The third-order valence-corrected chi connectivity index (χ3v) is 4.84. The molecule has 0 radical (unpaired) electrons. The second kappa shape index (κ2) is 7.85. The molecule has 0 aliphatic heterocycles. The summed E-state index contributed by atoms with van der Waals surface area (Å²) in [4.78, 5) is 11.8. The van der Waals surface area contributed by atoms with E-state index in [-0.39, 0.29) is 18.9 Å². The smallest absolute Gasteiger partial charge is 0.221 e. The Kier molecular flexibility index (Phi) is 6.79. The first-order chi connectivity index (χ1) is 8.93. The Labute approximate surface area is 116 Å². The summed E-state index contributed by atoms with van der Waals surface area (Å²) in [7, 11) is -3.21. The summed E-state index contributed by atoms with van der Waals surface area (Å²) in [5.74, 6) is -0.0305. The summed E-state index contributed by atoms with van der Waals surface area (Å²) in [5, 5.41) is 2.98. The van der Waals surface area contributed by atoms with E-state index in [9.17, 15) is 13.2 Å². The van der Waals surface area contributed by atoms with Gasteiger partial charge in [-0.2, -0.15) is 0 Å². The zero-order valence-electron chi connectivity index (χ0n) is 12.0. The van der Waals surface area contributed by atoms with Crippen LogP contribution in [0, 0.1) is 0 Å². The van der Waals surface area contributed by atoms with Crippen molar-refractivity contribution in [1.29, 1.82) is 0 Å². The second-order valence-corrected chi connectivity index (χ2v) is 7.30. The number of carbonyl (C=O) groups excluding carboxylic acids is 1. The van der Waals surface area contributed by atoms with Crippen LogP contribution in [0.25, 0.3) is 0 Å². The maximum absolute atomic E-state index is 11.8. The van der Waals surface area contributed by atoms with Gasteiger partial charge in [0.05, 0.1) is 6.26 Å². The summed E-state index contributed by atoms with van der Waals surface area (Å²) in [6.07, 6.45) is 7.70. The van der Waals surface area contributed by atoms with Crippen LogP contribution < -0.4 is 5.32 Å². The van der Waals surface area contributed by atoms with Gasteiger partial charge in [-0.05, 0) is 19.3 Å². The Morgan fingerprint density at radius 1 is 1.26 bits per heavy atom. The third-order valence-electron chi connectivity index (χ3n) is 3.54. The minimum absolute atomic E-state index is 0.0305. The lowest BCUT2D eigenvalue weighted by molar-refractivity contribution is -0.121. The predicted octanol–water partition coefficient (Wildman–Crippen LogP) is 1.50. The minimum atomic E-state index is -3.21. The minimum Gasteiger partial charge on any atom is -0.353 e. The zero-order chi connectivity index (χ0) is 14.3. The maximum Gasteiger partial charge on any atom is 0.221 e. The molecule has 0 aromatic carbocycles. The Morgan fingerprint density at radius 3 is 2.42 bits per heavy atom. The summed E-state index contributed by atoms with van der Waals surface area (Å²) in [5.41, 5.74) is 0. The SMILES string of the molecule is CCCCN(CCC(=O)NC1CCCC1)S(C)(=O)=O. The number of amides is 1. The van der Waals surface area contributed by atoms with E-state index in [1.54, 1.807) is 0 Å². The van der Waals surface area contributed by atoms with Gasteiger partial charge in [-0.15, -0.1) is 0 Å². The molecular weight excluding hydrogens is 264 g/mol. The molecule has 1 rings (SSSR count). The average Bonchev–Trinajstić information content (AvgIpc) is 2.80. The molecule has 0 bridgehead atoms. The number of hydrogen-bond donors (Lipinski definition) is 1. The van der Waals surface area contributed by atoms with E-state index in [0.717, 1.165) is 25.7 Å². The summed E-state index contributed by atoms with van der Waals surface area (Å²) >= 11 is 0. The van der Waals surface area contributed by atoms with Crippen LogP contribution in [0.2, 0.25) is 0 Å². The monoisotopic (exact) mass is 290 g/mol. The van der Waals surface area contributed by atoms with E-state index < -0.39 is 10.0 Å². The molecule has 1 amide bonds. The predicted molar refractivity (Wildman–Crippen MR) is 76.3 cm³/mol. The van der Waals surface area contributed by atoms with Gasteiger partial charge in [-0.1, -0.05) is 26.2 Å². The first kappa shape index (κ1) is 16.4. The molecule has 1 aliphatic rings. The molecule has 0 aromatic heterocycles. The summed E-state index contributed by atoms with van der Waals surface area (Å²) in [6.45, 7) is 2.82. The van der Waals surface area contributed by atoms with Crippen molar-refractivity contribution in [2.45, 2.75) is 57.9 Å². The van der Waals surface area contributed by atoms with Crippen LogP contribution in [0.3, 0.4) is 0 Å². The lowest BCUT2D eigenvalue weighted by Crippen LogP contribution is -2.37. The van der Waals surface area contributed by atoms with Gasteiger partial charge in [0, 0.05) is 25.6 Å². The highest BCUT2D eigenvalue weighted by atomic mass is 32.2. The fraction of sp³-hybridized carbons (Fsp3) is 0.923. The number of sulfonamides is 1. The van der Waals surface area contributed by atoms with Crippen LogP contribution in [0.1, 0.15) is 51.9 Å². The molecule has 0 atom stereocenters. The summed E-state index contributed by atoms with van der Waals surface area (Å²) < 4.78 is 24.6. The molecule has 19 heavy (non-hydrogen) atoms. The van der Waals surface area contributed by atoms with E-state index >= 15 is 0 Å². The van der Waals surface area contributed by atoms with Gasteiger partial charge in [0.25, 0.3) is 0 Å². The van der Waals surface area contributed by atoms with E-state index in [1.165, 1.54) is 23.4 Å². The van der Waals surface area contributed by atoms with Gasteiger partial charge in [-0.25, -0.2) is 12.7 Å². The van der Waals surface area contributed by atoms with Crippen LogP contribution in [-0.4, -0.2) is 44.0 Å². The number of carbonyl (C=O) groups is 1. The van der Waals surface area contributed by atoms with E-state index in [4.69, 9.17) is 0 Å². The van der Waals surface area contributed by atoms with Crippen LogP contribution >= 0.6 is 0 Å². The lowest BCUT2D eigenvalue weighted by Gasteiger charge is -2.20. The second-order valence-electron chi connectivity index (χ2n) is 5.31. The van der Waals surface area contributed by atoms with Crippen LogP contribution in [-0.2, 0) is 14.8 Å². The third kappa shape index (κ3) is 6.38. The van der Waals surface area contributed by atoms with Crippen molar-refractivity contribution in [2.24, 2.45) is 0 Å². The molecule has 1 aliphatic carbocycles. The number of unbranched alkanes of at least 4 members (excludes halogenated alkanes) is 1. The molecule has 0 unspecified atom stereocenters. The molecule has 0 heterocycles. The van der Waals surface area contributed by atoms with Crippen molar-refractivity contribution in [3.05, 3.63) is 0 Å². The number of hydrogen-bond acceptors (Lipinski definition) is 3. The average molecular weight is 290 g/mol. The molecule has 0 saturated heterocycles. The Hall–Kier alpha value is -0.620. The Morgan fingerprint density at radius 2 is 1.89 bits per heavy atom. The van der Waals surface area contributed by atoms with E-state index in [2.05, 4.69) is 5.32 Å². The normalized spacial score (nSPS) is 17.0. The standard InChI is InChI=1S/C13H26N2O3S/c1-3-4-10-15(19(2,17)18)11-9-13(16)14-12-7-5-6-8-12/h12H,3-11H2,1-2H3,(H,14,16). The maximum atomic E-state index is 11.8. The molecule has 0 aromatic rings. The molecular formula is C13H26N2O3S. The van der Waals surface area contributed by atoms with E-state index in [0.29, 0.717) is 12.6 Å². The summed E-state index contributed by atoms with van der Waals surface area (Å²) in [6, 6.07) is 0.301. The first-order valence-electron chi connectivity index (χ1n) is 7.18.